The molecule has 2 atom stereocenters. The Labute approximate surface area is 155 Å². The molecule has 1 amide bonds. The molecule has 2 aliphatic rings. The Morgan fingerprint density at radius 3 is 2.19 bits per heavy atom. The third-order valence-corrected chi connectivity index (χ3v) is 7.08. The number of hydrogen-bond donors (Lipinski definition) is 1. The van der Waals surface area contributed by atoms with Gasteiger partial charge in [-0.05, 0) is 18.9 Å². The van der Waals surface area contributed by atoms with Crippen LogP contribution in [0.4, 0.5) is 5.69 Å². The minimum absolute atomic E-state index is 0.00454. The van der Waals surface area contributed by atoms with Crippen LogP contribution in [0.5, 0.6) is 0 Å². The van der Waals surface area contributed by atoms with Crippen LogP contribution in [-0.4, -0.2) is 65.7 Å². The first-order valence-electron chi connectivity index (χ1n) is 8.48. The van der Waals surface area contributed by atoms with Crippen LogP contribution in [0, 0.1) is 22.0 Å². The van der Waals surface area contributed by atoms with Crippen LogP contribution in [0.2, 0.25) is 0 Å². The van der Waals surface area contributed by atoms with E-state index in [1.807, 2.05) is 0 Å². The number of nitro benzene ring substituents is 1. The van der Waals surface area contributed by atoms with E-state index in [1.165, 1.54) is 23.1 Å². The minimum Gasteiger partial charge on any atom is -0.481 e. The lowest BCUT2D eigenvalue weighted by Crippen LogP contribution is -2.54. The van der Waals surface area contributed by atoms with Crippen molar-refractivity contribution in [3.63, 3.8) is 0 Å². The Morgan fingerprint density at radius 2 is 1.67 bits per heavy atom. The number of carboxylic acid groups (broad SMARTS) is 1. The molecule has 1 N–H and O–H groups in total. The van der Waals surface area contributed by atoms with E-state index in [-0.39, 0.29) is 37.0 Å². The highest BCUT2D eigenvalue weighted by Crippen LogP contribution is 2.36. The summed E-state index contributed by atoms with van der Waals surface area (Å²) < 4.78 is 26.7. The molecule has 0 bridgehead atoms. The van der Waals surface area contributed by atoms with E-state index in [9.17, 15) is 28.1 Å². The molecule has 1 aromatic carbocycles. The van der Waals surface area contributed by atoms with Gasteiger partial charge < -0.3 is 10.0 Å². The summed E-state index contributed by atoms with van der Waals surface area (Å²) in [6, 6.07) is 5.14. The smallest absolute Gasteiger partial charge is 0.307 e. The van der Waals surface area contributed by atoms with Crippen LogP contribution in [-0.2, 0) is 19.6 Å². The predicted octanol–water partition coefficient (Wildman–Crippen LogP) is 0.539. The van der Waals surface area contributed by atoms with Gasteiger partial charge in [0.05, 0.1) is 16.8 Å². The van der Waals surface area contributed by atoms with Crippen molar-refractivity contribution in [1.29, 1.82) is 0 Å². The number of hydrogen-bond acceptors (Lipinski definition) is 6. The average Bonchev–Trinajstić information content (AvgIpc) is 2.60. The molecule has 3 rings (SSSR count). The van der Waals surface area contributed by atoms with Gasteiger partial charge in [0.1, 0.15) is 0 Å². The molecule has 1 aliphatic heterocycles. The summed E-state index contributed by atoms with van der Waals surface area (Å²) in [5.41, 5.74) is -0.491. The van der Waals surface area contributed by atoms with Gasteiger partial charge in [-0.25, -0.2) is 8.42 Å². The first kappa shape index (κ1) is 19.2. The molecule has 2 unspecified atom stereocenters. The van der Waals surface area contributed by atoms with E-state index in [1.54, 1.807) is 0 Å². The third kappa shape index (κ3) is 3.52. The molecule has 1 saturated heterocycles. The lowest BCUT2D eigenvalue weighted by atomic mass is 9.73. The van der Waals surface area contributed by atoms with E-state index >= 15 is 0 Å². The number of amides is 1. The maximum absolute atomic E-state index is 12.8. The average molecular weight is 397 g/mol. The van der Waals surface area contributed by atoms with Crippen LogP contribution < -0.4 is 0 Å². The fourth-order valence-corrected chi connectivity index (χ4v) is 5.02. The van der Waals surface area contributed by atoms with E-state index in [4.69, 9.17) is 5.11 Å². The minimum atomic E-state index is -4.06. The number of piperazine rings is 1. The van der Waals surface area contributed by atoms with Crippen molar-refractivity contribution >= 4 is 27.6 Å². The SMILES string of the molecule is O=C(O)C1CCC1C(=O)N1CCN(S(=O)(=O)c2ccccc2[N+](=O)[O-])CC1. The summed E-state index contributed by atoms with van der Waals surface area (Å²) in [4.78, 5) is 35.0. The zero-order valence-electron chi connectivity index (χ0n) is 14.4. The van der Waals surface area contributed by atoms with Crippen molar-refractivity contribution in [2.75, 3.05) is 26.2 Å². The number of carbonyl (C=O) groups excluding carboxylic acids is 1. The van der Waals surface area contributed by atoms with Crippen molar-refractivity contribution in [1.82, 2.24) is 9.21 Å². The monoisotopic (exact) mass is 397 g/mol. The fraction of sp³-hybridized carbons (Fsp3) is 0.500. The Morgan fingerprint density at radius 1 is 1.07 bits per heavy atom. The molecular formula is C16H19N3O7S. The Balaban J connectivity index is 1.70. The van der Waals surface area contributed by atoms with Crippen molar-refractivity contribution < 1.29 is 28.0 Å². The molecule has 1 heterocycles. The molecule has 1 saturated carbocycles. The van der Waals surface area contributed by atoms with Gasteiger partial charge in [-0.1, -0.05) is 12.1 Å². The summed E-state index contributed by atoms with van der Waals surface area (Å²) >= 11 is 0. The molecule has 2 fully saturated rings. The molecule has 1 aliphatic carbocycles. The third-order valence-electron chi connectivity index (χ3n) is 5.14. The molecule has 0 spiro atoms. The van der Waals surface area contributed by atoms with Crippen molar-refractivity contribution in [2.45, 2.75) is 17.7 Å². The Kier molecular flexibility index (Phi) is 5.16. The van der Waals surface area contributed by atoms with Crippen LogP contribution in [0.1, 0.15) is 12.8 Å². The van der Waals surface area contributed by atoms with E-state index in [0.717, 1.165) is 10.4 Å². The predicted molar refractivity (Wildman–Crippen MR) is 92.3 cm³/mol. The zero-order valence-corrected chi connectivity index (χ0v) is 15.2. The maximum Gasteiger partial charge on any atom is 0.307 e. The van der Waals surface area contributed by atoms with E-state index < -0.39 is 38.4 Å². The second kappa shape index (κ2) is 7.24. The van der Waals surface area contributed by atoms with Crippen LogP contribution in [0.15, 0.2) is 29.2 Å². The fourth-order valence-electron chi connectivity index (χ4n) is 3.44. The topological polar surface area (TPSA) is 138 Å². The number of aliphatic carboxylic acids is 1. The van der Waals surface area contributed by atoms with Gasteiger partial charge in [0.25, 0.3) is 5.69 Å². The van der Waals surface area contributed by atoms with Gasteiger partial charge in [0, 0.05) is 32.2 Å². The molecule has 146 valence electrons. The van der Waals surface area contributed by atoms with Gasteiger partial charge in [-0.3, -0.25) is 19.7 Å². The zero-order chi connectivity index (χ0) is 19.8. The number of carbonyl (C=O) groups is 2. The van der Waals surface area contributed by atoms with Crippen LogP contribution in [0.3, 0.4) is 0 Å². The Hall–Kier alpha value is -2.53. The lowest BCUT2D eigenvalue weighted by Gasteiger charge is -2.39. The second-order valence-electron chi connectivity index (χ2n) is 6.58. The Bertz CT molecular complexity index is 878. The number of nitrogens with zero attached hydrogens (tertiary/aromatic N) is 3. The highest BCUT2D eigenvalue weighted by atomic mass is 32.2. The molecule has 1 aromatic rings. The first-order valence-corrected chi connectivity index (χ1v) is 9.92. The van der Waals surface area contributed by atoms with E-state index in [0.29, 0.717) is 12.8 Å². The van der Waals surface area contributed by atoms with Crippen LogP contribution >= 0.6 is 0 Å². The first-order chi connectivity index (χ1) is 12.7. The normalized spacial score (nSPS) is 23.5. The molecule has 0 aromatic heterocycles. The molecule has 10 nitrogen and oxygen atoms in total. The van der Waals surface area contributed by atoms with Crippen molar-refractivity contribution in [3.8, 4) is 0 Å². The highest BCUT2D eigenvalue weighted by molar-refractivity contribution is 7.89. The number of para-hydroxylation sites is 1. The number of rotatable bonds is 5. The molecule has 0 radical (unpaired) electrons. The van der Waals surface area contributed by atoms with Gasteiger partial charge in [0.15, 0.2) is 4.90 Å². The second-order valence-corrected chi connectivity index (χ2v) is 8.49. The van der Waals surface area contributed by atoms with Crippen molar-refractivity contribution in [3.05, 3.63) is 34.4 Å². The van der Waals surface area contributed by atoms with E-state index in [2.05, 4.69) is 0 Å². The molecule has 11 heteroatoms. The van der Waals surface area contributed by atoms with Gasteiger partial charge >= 0.3 is 5.97 Å². The number of nitro groups is 1. The number of benzene rings is 1. The van der Waals surface area contributed by atoms with Crippen molar-refractivity contribution in [2.24, 2.45) is 11.8 Å². The maximum atomic E-state index is 12.8. The summed E-state index contributed by atoms with van der Waals surface area (Å²) in [7, 11) is -4.06. The molecule has 27 heavy (non-hydrogen) atoms. The summed E-state index contributed by atoms with van der Waals surface area (Å²) in [6.07, 6.45) is 0.988. The summed E-state index contributed by atoms with van der Waals surface area (Å²) in [5.74, 6) is -2.49. The summed E-state index contributed by atoms with van der Waals surface area (Å²) in [6.45, 7) is 0.262. The number of sulfonamides is 1. The standard InChI is InChI=1S/C16H19N3O7S/c20-15(11-5-6-12(11)16(21)22)17-7-9-18(10-8-17)27(25,26)14-4-2-1-3-13(14)19(23)24/h1-4,11-12H,5-10H2,(H,21,22). The van der Waals surface area contributed by atoms with Gasteiger partial charge in [-0.2, -0.15) is 4.31 Å². The highest BCUT2D eigenvalue weighted by Gasteiger charge is 2.44. The lowest BCUT2D eigenvalue weighted by molar-refractivity contribution is -0.387. The van der Waals surface area contributed by atoms with Gasteiger partial charge in [-0.15, -0.1) is 0 Å². The quantitative estimate of drug-likeness (QED) is 0.565. The van der Waals surface area contributed by atoms with Gasteiger partial charge in [0.2, 0.25) is 15.9 Å². The molecular weight excluding hydrogens is 378 g/mol. The number of carboxylic acids is 1. The largest absolute Gasteiger partial charge is 0.481 e. The summed E-state index contributed by atoms with van der Waals surface area (Å²) in [5, 5.41) is 20.2. The van der Waals surface area contributed by atoms with Crippen LogP contribution in [0.25, 0.3) is 0 Å².